The highest BCUT2D eigenvalue weighted by Gasteiger charge is 2.19. The van der Waals surface area contributed by atoms with Crippen LogP contribution in [0.15, 0.2) is 53.6 Å². The van der Waals surface area contributed by atoms with Gasteiger partial charge in [-0.1, -0.05) is 61.1 Å². The second-order valence-corrected chi connectivity index (χ2v) is 5.48. The molecule has 2 atom stereocenters. The van der Waals surface area contributed by atoms with Gasteiger partial charge in [0.05, 0.1) is 7.39 Å². The fraction of sp³-hybridized carbons (Fsp3) is 0.368. The molecule has 4 rings (SSSR count). The molecule has 0 saturated heterocycles. The Balaban J connectivity index is 0.000000175. The van der Waals surface area contributed by atoms with Crippen LogP contribution in [0.3, 0.4) is 0 Å². The summed E-state index contributed by atoms with van der Waals surface area (Å²) in [5.41, 5.74) is 18.3. The summed E-state index contributed by atoms with van der Waals surface area (Å²) in [4.78, 5) is 2.73. The van der Waals surface area contributed by atoms with Crippen LogP contribution in [0.2, 0.25) is 0 Å². The van der Waals surface area contributed by atoms with Gasteiger partial charge < -0.3 is 5.73 Å². The molecule has 4 nitrogen and oxygen atoms in total. The normalized spacial score (nSPS) is 27.9. The van der Waals surface area contributed by atoms with Gasteiger partial charge in [-0.05, 0) is 53.5 Å². The second-order valence-electron chi connectivity index (χ2n) is 5.48. The first-order chi connectivity index (χ1) is 11.5. The van der Waals surface area contributed by atoms with Crippen molar-refractivity contribution in [3.8, 4) is 0 Å². The zero-order valence-corrected chi connectivity index (χ0v) is 12.4. The van der Waals surface area contributed by atoms with Crippen molar-refractivity contribution in [3.05, 3.63) is 81.2 Å². The molecule has 2 aromatic rings. The van der Waals surface area contributed by atoms with E-state index in [4.69, 9.17) is 14.0 Å². The van der Waals surface area contributed by atoms with Crippen LogP contribution in [0.1, 0.15) is 57.3 Å². The summed E-state index contributed by atoms with van der Waals surface area (Å²) < 4.78 is 15.7. The molecule has 0 amide bonds. The standard InChI is InChI=1S/C9H9N3.C9H11N.CH4/c10-12-11-9-6-5-7-3-1-2-4-8(7)9;10-9-6-5-7-3-1-2-4-8(7)9;/h1-4,9H,5-6H2;1-4,9H,5-6,10H2;1H4/i2*9D;. The van der Waals surface area contributed by atoms with Crippen molar-refractivity contribution in [1.82, 2.24) is 0 Å². The number of hydrogen-bond donors (Lipinski definition) is 1. The van der Waals surface area contributed by atoms with Crippen molar-refractivity contribution < 1.29 is 2.74 Å². The lowest BCUT2D eigenvalue weighted by Gasteiger charge is -2.01. The summed E-state index contributed by atoms with van der Waals surface area (Å²) in [6, 6.07) is 13.7. The molecule has 2 N–H and O–H groups in total. The van der Waals surface area contributed by atoms with Crippen LogP contribution in [0, 0.1) is 0 Å². The largest absolute Gasteiger partial charge is 0.324 e. The minimum absolute atomic E-state index is 0. The lowest BCUT2D eigenvalue weighted by atomic mass is 10.1. The van der Waals surface area contributed by atoms with Gasteiger partial charge in [0.15, 0.2) is 0 Å². The Labute approximate surface area is 140 Å². The van der Waals surface area contributed by atoms with Crippen molar-refractivity contribution in [1.29, 1.82) is 0 Å². The molecular weight excluding hydrogens is 284 g/mol. The van der Waals surface area contributed by atoms with E-state index in [2.05, 4.69) is 16.1 Å². The molecular formula is C19H24N4. The molecule has 0 heterocycles. The molecule has 23 heavy (non-hydrogen) atoms. The molecule has 2 aliphatic rings. The summed E-state index contributed by atoms with van der Waals surface area (Å²) in [5.74, 6) is 0. The van der Waals surface area contributed by atoms with Crippen molar-refractivity contribution in [3.63, 3.8) is 0 Å². The van der Waals surface area contributed by atoms with Crippen LogP contribution in [0.4, 0.5) is 0 Å². The molecule has 4 heteroatoms. The summed E-state index contributed by atoms with van der Waals surface area (Å²) in [7, 11) is 0. The minimum Gasteiger partial charge on any atom is -0.324 e. The summed E-state index contributed by atoms with van der Waals surface area (Å²) in [6.07, 6.45) is 3.14. The zero-order valence-electron chi connectivity index (χ0n) is 14.4. The molecule has 0 bridgehead atoms. The van der Waals surface area contributed by atoms with E-state index in [1.165, 1.54) is 5.56 Å². The van der Waals surface area contributed by atoms with Gasteiger partial charge in [0.1, 0.15) is 0 Å². The number of fused-ring (bicyclic) bond motifs is 2. The molecule has 0 fully saturated rings. The topological polar surface area (TPSA) is 74.8 Å². The summed E-state index contributed by atoms with van der Waals surface area (Å²) in [5, 5.41) is 3.54. The summed E-state index contributed by atoms with van der Waals surface area (Å²) >= 11 is 0. The van der Waals surface area contributed by atoms with Gasteiger partial charge in [-0.25, -0.2) is 0 Å². The Bertz CT molecular complexity index is 800. The average molecular weight is 310 g/mol. The number of aryl methyl sites for hydroxylation is 2. The third-order valence-electron chi connectivity index (χ3n) is 4.15. The SMILES string of the molecule is C.[2H]C1(N)CCc2ccccc21.[2H]C1(N=[N+]=[N-])CCc2ccccc21. The number of azide groups is 1. The first kappa shape index (κ1) is 14.3. The smallest absolute Gasteiger partial charge is 0.0631 e. The van der Waals surface area contributed by atoms with Crippen LogP contribution in [0.25, 0.3) is 10.4 Å². The van der Waals surface area contributed by atoms with Gasteiger partial charge in [-0.3, -0.25) is 0 Å². The lowest BCUT2D eigenvalue weighted by molar-refractivity contribution is 0.707. The number of hydrogen-bond acceptors (Lipinski definition) is 2. The molecule has 0 radical (unpaired) electrons. The highest BCUT2D eigenvalue weighted by Crippen LogP contribution is 2.33. The second kappa shape index (κ2) is 7.82. The van der Waals surface area contributed by atoms with Gasteiger partial charge in [0.2, 0.25) is 0 Å². The highest BCUT2D eigenvalue weighted by atomic mass is 15.1. The Kier molecular flexibility index (Phi) is 4.86. The molecule has 0 aromatic heterocycles. The molecule has 0 spiro atoms. The van der Waals surface area contributed by atoms with E-state index in [1.54, 1.807) is 0 Å². The minimum atomic E-state index is -1.06. The molecule has 0 aliphatic heterocycles. The van der Waals surface area contributed by atoms with Crippen molar-refractivity contribution >= 4 is 0 Å². The highest BCUT2D eigenvalue weighted by molar-refractivity contribution is 5.34. The number of nitrogens with two attached hydrogens (primary N) is 1. The summed E-state index contributed by atoms with van der Waals surface area (Å²) in [6.45, 7) is 0. The molecule has 2 aromatic carbocycles. The van der Waals surface area contributed by atoms with Crippen molar-refractivity contribution in [2.45, 2.75) is 45.1 Å². The van der Waals surface area contributed by atoms with Gasteiger partial charge in [0, 0.05) is 12.3 Å². The van der Waals surface area contributed by atoms with Crippen LogP contribution in [-0.4, -0.2) is 0 Å². The van der Waals surface area contributed by atoms with E-state index >= 15 is 0 Å². The third-order valence-corrected chi connectivity index (χ3v) is 4.15. The fourth-order valence-electron chi connectivity index (χ4n) is 3.02. The first-order valence-electron chi connectivity index (χ1n) is 8.48. The zero-order chi connectivity index (χ0) is 17.2. The maximum atomic E-state index is 8.36. The van der Waals surface area contributed by atoms with E-state index in [9.17, 15) is 0 Å². The number of benzene rings is 2. The maximum absolute atomic E-state index is 8.36. The predicted molar refractivity (Wildman–Crippen MR) is 95.1 cm³/mol. The third kappa shape index (κ3) is 3.73. The van der Waals surface area contributed by atoms with Crippen LogP contribution in [0.5, 0.6) is 0 Å². The number of rotatable bonds is 1. The molecule has 2 aliphatic carbocycles. The average Bonchev–Trinajstić information content (AvgIpc) is 3.08. The van der Waals surface area contributed by atoms with E-state index in [-0.39, 0.29) is 7.43 Å². The maximum Gasteiger partial charge on any atom is 0.0631 e. The van der Waals surface area contributed by atoms with Gasteiger partial charge in [-0.2, -0.15) is 0 Å². The van der Waals surface area contributed by atoms with Crippen molar-refractivity contribution in [2.75, 3.05) is 0 Å². The quantitative estimate of drug-likeness (QED) is 0.436. The van der Waals surface area contributed by atoms with E-state index in [0.717, 1.165) is 36.0 Å². The van der Waals surface area contributed by atoms with Crippen molar-refractivity contribution in [2.24, 2.45) is 10.8 Å². The fourth-order valence-corrected chi connectivity index (χ4v) is 3.02. The van der Waals surface area contributed by atoms with Crippen LogP contribution >= 0.6 is 0 Å². The Morgan fingerprint density at radius 1 is 1.00 bits per heavy atom. The monoisotopic (exact) mass is 310 g/mol. The van der Waals surface area contributed by atoms with Gasteiger partial charge in [0.25, 0.3) is 0 Å². The Morgan fingerprint density at radius 2 is 1.57 bits per heavy atom. The Morgan fingerprint density at radius 3 is 2.22 bits per heavy atom. The molecule has 2 unspecified atom stereocenters. The van der Waals surface area contributed by atoms with E-state index in [0.29, 0.717) is 6.42 Å². The predicted octanol–water partition coefficient (Wildman–Crippen LogP) is 5.25. The lowest BCUT2D eigenvalue weighted by Crippen LogP contribution is -2.04. The van der Waals surface area contributed by atoms with Crippen LogP contribution in [-0.2, 0) is 12.8 Å². The Hall–Kier alpha value is -2.29. The van der Waals surface area contributed by atoms with E-state index in [1.807, 2.05) is 42.5 Å². The number of nitrogens with zero attached hydrogens (tertiary/aromatic N) is 3. The van der Waals surface area contributed by atoms with E-state index < -0.39 is 12.0 Å². The first-order valence-corrected chi connectivity index (χ1v) is 7.48. The molecule has 120 valence electrons. The van der Waals surface area contributed by atoms with Gasteiger partial charge in [-0.15, -0.1) is 0 Å². The van der Waals surface area contributed by atoms with Gasteiger partial charge >= 0.3 is 0 Å². The van der Waals surface area contributed by atoms with Crippen LogP contribution < -0.4 is 5.73 Å². The molecule has 0 saturated carbocycles.